The molecule has 6 heteroatoms. The van der Waals surface area contributed by atoms with Crippen LogP contribution in [0.3, 0.4) is 0 Å². The second-order valence-corrected chi connectivity index (χ2v) is 7.10. The average molecular weight is 398 g/mol. The van der Waals surface area contributed by atoms with Crippen molar-refractivity contribution in [3.8, 4) is 0 Å². The van der Waals surface area contributed by atoms with Gasteiger partial charge < -0.3 is 14.7 Å². The minimum absolute atomic E-state index is 0.154. The molecular formula is C23H27FN2O3. The number of rotatable bonds is 11. The maximum absolute atomic E-state index is 14.2. The van der Waals surface area contributed by atoms with Crippen molar-refractivity contribution in [3.05, 3.63) is 84.2 Å². The number of hydrogen-bond acceptors (Lipinski definition) is 5. The molecule has 2 aromatic rings. The van der Waals surface area contributed by atoms with Crippen LogP contribution in [0.2, 0.25) is 0 Å². The van der Waals surface area contributed by atoms with Gasteiger partial charge in [0.15, 0.2) is 0 Å². The zero-order chi connectivity index (χ0) is 20.5. The summed E-state index contributed by atoms with van der Waals surface area (Å²) >= 11 is 0. The predicted molar refractivity (Wildman–Crippen MR) is 111 cm³/mol. The topological polar surface area (TPSA) is 54.3 Å². The van der Waals surface area contributed by atoms with Gasteiger partial charge in [-0.1, -0.05) is 59.8 Å². The van der Waals surface area contributed by atoms with Gasteiger partial charge in [-0.25, -0.2) is 4.39 Å². The Morgan fingerprint density at radius 1 is 1.24 bits per heavy atom. The summed E-state index contributed by atoms with van der Waals surface area (Å²) in [6.07, 6.45) is 1.45. The molecule has 0 unspecified atom stereocenters. The molecular weight excluding hydrogens is 371 g/mol. The first-order chi connectivity index (χ1) is 14.2. The highest BCUT2D eigenvalue weighted by Crippen LogP contribution is 2.19. The predicted octanol–water partition coefficient (Wildman–Crippen LogP) is 3.38. The molecule has 2 aromatic carbocycles. The number of halogens is 1. The lowest BCUT2D eigenvalue weighted by atomic mass is 10.0. The first-order valence-corrected chi connectivity index (χ1v) is 9.76. The van der Waals surface area contributed by atoms with Crippen LogP contribution in [-0.4, -0.2) is 54.2 Å². The van der Waals surface area contributed by atoms with E-state index in [0.29, 0.717) is 38.2 Å². The Kier molecular flexibility index (Phi) is 7.93. The molecule has 3 rings (SSSR count). The van der Waals surface area contributed by atoms with Gasteiger partial charge in [0, 0.05) is 31.6 Å². The standard InChI is InChI=1S/C23H27FN2O3/c1-2-12-28-17-20(27)15-26(14-19-10-6-7-11-22(19)24)16-21-13-23(25-29-21)18-8-4-3-5-9-18/h2-11,20-21,27H,1,12-17H2/t20-,21-/m1/s1. The molecule has 5 nitrogen and oxygen atoms in total. The monoisotopic (exact) mass is 398 g/mol. The Morgan fingerprint density at radius 2 is 2.00 bits per heavy atom. The van der Waals surface area contributed by atoms with E-state index < -0.39 is 6.10 Å². The van der Waals surface area contributed by atoms with Crippen molar-refractivity contribution >= 4 is 5.71 Å². The maximum Gasteiger partial charge on any atom is 0.145 e. The van der Waals surface area contributed by atoms with Crippen LogP contribution in [0.25, 0.3) is 0 Å². The van der Waals surface area contributed by atoms with Crippen LogP contribution in [0.1, 0.15) is 17.5 Å². The highest BCUT2D eigenvalue weighted by Gasteiger charge is 2.26. The van der Waals surface area contributed by atoms with Crippen LogP contribution < -0.4 is 0 Å². The molecule has 0 saturated carbocycles. The summed E-state index contributed by atoms with van der Waals surface area (Å²) in [4.78, 5) is 7.61. The fourth-order valence-electron chi connectivity index (χ4n) is 3.32. The summed E-state index contributed by atoms with van der Waals surface area (Å²) in [5.74, 6) is -0.261. The molecule has 0 bridgehead atoms. The van der Waals surface area contributed by atoms with Crippen molar-refractivity contribution in [2.75, 3.05) is 26.3 Å². The summed E-state index contributed by atoms with van der Waals surface area (Å²) < 4.78 is 19.5. The summed E-state index contributed by atoms with van der Waals surface area (Å²) in [7, 11) is 0. The van der Waals surface area contributed by atoms with E-state index in [1.807, 2.05) is 41.3 Å². The Balaban J connectivity index is 1.62. The quantitative estimate of drug-likeness (QED) is 0.466. The van der Waals surface area contributed by atoms with E-state index >= 15 is 0 Å². The van der Waals surface area contributed by atoms with Gasteiger partial charge in [-0.2, -0.15) is 0 Å². The lowest BCUT2D eigenvalue weighted by Crippen LogP contribution is -2.39. The average Bonchev–Trinajstić information content (AvgIpc) is 3.19. The maximum atomic E-state index is 14.2. The molecule has 0 saturated heterocycles. The second kappa shape index (κ2) is 10.9. The highest BCUT2D eigenvalue weighted by atomic mass is 19.1. The van der Waals surface area contributed by atoms with E-state index in [0.717, 1.165) is 11.3 Å². The van der Waals surface area contributed by atoms with Gasteiger partial charge >= 0.3 is 0 Å². The molecule has 0 aromatic heterocycles. The molecule has 1 aliphatic rings. The van der Waals surface area contributed by atoms with Crippen LogP contribution in [0.15, 0.2) is 72.4 Å². The molecule has 0 spiro atoms. The van der Waals surface area contributed by atoms with Crippen LogP contribution in [0.4, 0.5) is 4.39 Å². The van der Waals surface area contributed by atoms with Crippen molar-refractivity contribution in [2.24, 2.45) is 5.16 Å². The number of aliphatic hydroxyl groups excluding tert-OH is 1. The van der Waals surface area contributed by atoms with Gasteiger partial charge in [0.1, 0.15) is 11.9 Å². The molecule has 154 valence electrons. The number of aliphatic hydroxyl groups is 1. The van der Waals surface area contributed by atoms with Crippen molar-refractivity contribution < 1.29 is 19.1 Å². The Morgan fingerprint density at radius 3 is 2.76 bits per heavy atom. The van der Waals surface area contributed by atoms with E-state index in [1.54, 1.807) is 18.2 Å². The van der Waals surface area contributed by atoms with Crippen LogP contribution >= 0.6 is 0 Å². The lowest BCUT2D eigenvalue weighted by Gasteiger charge is -2.27. The third kappa shape index (κ3) is 6.49. The van der Waals surface area contributed by atoms with Gasteiger partial charge in [0.05, 0.1) is 25.0 Å². The number of ether oxygens (including phenoxy) is 1. The van der Waals surface area contributed by atoms with Crippen molar-refractivity contribution in [2.45, 2.75) is 25.2 Å². The molecule has 1 aliphatic heterocycles. The first kappa shape index (κ1) is 21.2. The smallest absolute Gasteiger partial charge is 0.145 e. The Labute approximate surface area is 171 Å². The molecule has 0 aliphatic carbocycles. The van der Waals surface area contributed by atoms with Crippen LogP contribution in [0.5, 0.6) is 0 Å². The summed E-state index contributed by atoms with van der Waals surface area (Å²) in [6.45, 7) is 5.39. The van der Waals surface area contributed by atoms with Gasteiger partial charge in [-0.3, -0.25) is 4.90 Å². The second-order valence-electron chi connectivity index (χ2n) is 7.10. The van der Waals surface area contributed by atoms with Gasteiger partial charge in [0.2, 0.25) is 0 Å². The Hall–Kier alpha value is -2.54. The molecule has 1 N–H and O–H groups in total. The van der Waals surface area contributed by atoms with Gasteiger partial charge in [-0.05, 0) is 11.6 Å². The van der Waals surface area contributed by atoms with Gasteiger partial charge in [0.25, 0.3) is 0 Å². The summed E-state index contributed by atoms with van der Waals surface area (Å²) in [6, 6.07) is 16.6. The van der Waals surface area contributed by atoms with Crippen LogP contribution in [0, 0.1) is 5.82 Å². The van der Waals surface area contributed by atoms with Crippen LogP contribution in [-0.2, 0) is 16.1 Å². The zero-order valence-corrected chi connectivity index (χ0v) is 16.4. The normalized spacial score (nSPS) is 17.1. The van der Waals surface area contributed by atoms with E-state index in [4.69, 9.17) is 9.57 Å². The van der Waals surface area contributed by atoms with Crippen molar-refractivity contribution in [1.29, 1.82) is 0 Å². The minimum Gasteiger partial charge on any atom is -0.390 e. The SMILES string of the molecule is C=CCOC[C@H](O)CN(Cc1ccccc1F)C[C@H]1CC(c2ccccc2)=NO1. The summed E-state index contributed by atoms with van der Waals surface area (Å²) in [5, 5.41) is 14.6. The molecule has 0 radical (unpaired) electrons. The number of nitrogens with zero attached hydrogens (tertiary/aromatic N) is 2. The number of hydrogen-bond donors (Lipinski definition) is 1. The number of oxime groups is 1. The molecule has 0 amide bonds. The van der Waals surface area contributed by atoms with E-state index in [9.17, 15) is 9.50 Å². The van der Waals surface area contributed by atoms with Crippen molar-refractivity contribution in [3.63, 3.8) is 0 Å². The molecule has 1 heterocycles. The van der Waals surface area contributed by atoms with E-state index in [1.165, 1.54) is 6.07 Å². The first-order valence-electron chi connectivity index (χ1n) is 9.76. The Bertz CT molecular complexity index is 813. The number of benzene rings is 2. The molecule has 29 heavy (non-hydrogen) atoms. The van der Waals surface area contributed by atoms with E-state index in [-0.39, 0.29) is 18.5 Å². The summed E-state index contributed by atoms with van der Waals surface area (Å²) in [5.41, 5.74) is 2.51. The minimum atomic E-state index is -0.697. The fourth-order valence-corrected chi connectivity index (χ4v) is 3.32. The van der Waals surface area contributed by atoms with Gasteiger partial charge in [-0.15, -0.1) is 6.58 Å². The lowest BCUT2D eigenvalue weighted by molar-refractivity contribution is 0.00310. The third-order valence-corrected chi connectivity index (χ3v) is 4.67. The molecule has 0 fully saturated rings. The largest absolute Gasteiger partial charge is 0.390 e. The highest BCUT2D eigenvalue weighted by molar-refractivity contribution is 6.01. The fraction of sp³-hybridized carbons (Fsp3) is 0.348. The van der Waals surface area contributed by atoms with E-state index in [2.05, 4.69) is 11.7 Å². The zero-order valence-electron chi connectivity index (χ0n) is 16.4. The van der Waals surface area contributed by atoms with Crippen molar-refractivity contribution in [1.82, 2.24) is 4.90 Å². The molecule has 2 atom stereocenters. The third-order valence-electron chi connectivity index (χ3n) is 4.67.